The molecule has 0 radical (unpaired) electrons. The van der Waals surface area contributed by atoms with Crippen molar-refractivity contribution in [1.82, 2.24) is 5.32 Å². The normalized spacial score (nSPS) is 16.2. The topological polar surface area (TPSA) is 47.6 Å². The highest BCUT2D eigenvalue weighted by atomic mass is 16.5. The van der Waals surface area contributed by atoms with Gasteiger partial charge in [-0.3, -0.25) is 4.79 Å². The SMILES string of the molecule is COc1cc(C)c(C(=O)C2CCNCC2)c(OC)c1. The van der Waals surface area contributed by atoms with Crippen LogP contribution in [0.4, 0.5) is 0 Å². The van der Waals surface area contributed by atoms with Crippen LogP contribution in [0.15, 0.2) is 12.1 Å². The molecule has 0 unspecified atom stereocenters. The molecule has 0 aliphatic carbocycles. The van der Waals surface area contributed by atoms with Crippen LogP contribution >= 0.6 is 0 Å². The van der Waals surface area contributed by atoms with E-state index in [4.69, 9.17) is 9.47 Å². The molecule has 4 heteroatoms. The number of Topliss-reactive ketones (excluding diaryl/α,β-unsaturated/α-hetero) is 1. The van der Waals surface area contributed by atoms with Gasteiger partial charge in [-0.1, -0.05) is 0 Å². The second-order valence-corrected chi connectivity index (χ2v) is 4.91. The monoisotopic (exact) mass is 263 g/mol. The number of carbonyl (C=O) groups excluding carboxylic acids is 1. The molecule has 1 aromatic carbocycles. The van der Waals surface area contributed by atoms with Crippen LogP contribution in [0.25, 0.3) is 0 Å². The standard InChI is InChI=1S/C15H21NO3/c1-10-8-12(18-2)9-13(19-3)14(10)15(17)11-4-6-16-7-5-11/h8-9,11,16H,4-7H2,1-3H3. The van der Waals surface area contributed by atoms with E-state index >= 15 is 0 Å². The van der Waals surface area contributed by atoms with Gasteiger partial charge in [-0.15, -0.1) is 0 Å². The number of ether oxygens (including phenoxy) is 2. The Morgan fingerprint density at radius 2 is 1.89 bits per heavy atom. The fourth-order valence-electron chi connectivity index (χ4n) is 2.61. The van der Waals surface area contributed by atoms with E-state index in [1.165, 1.54) is 0 Å². The van der Waals surface area contributed by atoms with Crippen molar-refractivity contribution in [3.63, 3.8) is 0 Å². The lowest BCUT2D eigenvalue weighted by Crippen LogP contribution is -2.32. The average molecular weight is 263 g/mol. The number of aryl methyl sites for hydroxylation is 1. The Morgan fingerprint density at radius 3 is 2.47 bits per heavy atom. The zero-order valence-electron chi connectivity index (χ0n) is 11.8. The van der Waals surface area contributed by atoms with E-state index in [0.717, 1.165) is 37.2 Å². The highest BCUT2D eigenvalue weighted by molar-refractivity contribution is 6.02. The van der Waals surface area contributed by atoms with Crippen LogP contribution < -0.4 is 14.8 Å². The van der Waals surface area contributed by atoms with Crippen LogP contribution in [0, 0.1) is 12.8 Å². The molecule has 1 aromatic rings. The van der Waals surface area contributed by atoms with E-state index in [1.807, 2.05) is 13.0 Å². The molecule has 104 valence electrons. The Hall–Kier alpha value is -1.55. The third kappa shape index (κ3) is 2.89. The first-order valence-electron chi connectivity index (χ1n) is 6.65. The first kappa shape index (κ1) is 13.9. The maximum atomic E-state index is 12.7. The fraction of sp³-hybridized carbons (Fsp3) is 0.533. The maximum Gasteiger partial charge on any atom is 0.170 e. The molecule has 0 bridgehead atoms. The molecule has 1 saturated heterocycles. The van der Waals surface area contributed by atoms with E-state index in [0.29, 0.717) is 11.3 Å². The molecular formula is C15H21NO3. The van der Waals surface area contributed by atoms with E-state index in [9.17, 15) is 4.79 Å². The molecule has 1 aliphatic heterocycles. The van der Waals surface area contributed by atoms with E-state index in [1.54, 1.807) is 20.3 Å². The lowest BCUT2D eigenvalue weighted by atomic mass is 9.87. The average Bonchev–Trinajstić information content (AvgIpc) is 2.46. The van der Waals surface area contributed by atoms with Gasteiger partial charge in [0.2, 0.25) is 0 Å². The van der Waals surface area contributed by atoms with Gasteiger partial charge >= 0.3 is 0 Å². The Bertz CT molecular complexity index is 465. The number of methoxy groups -OCH3 is 2. The first-order valence-corrected chi connectivity index (χ1v) is 6.65. The minimum atomic E-state index is 0.0993. The van der Waals surface area contributed by atoms with Crippen LogP contribution in [-0.2, 0) is 0 Å². The smallest absolute Gasteiger partial charge is 0.170 e. The molecule has 0 spiro atoms. The van der Waals surface area contributed by atoms with Crippen molar-refractivity contribution in [3.8, 4) is 11.5 Å². The van der Waals surface area contributed by atoms with Crippen molar-refractivity contribution < 1.29 is 14.3 Å². The van der Waals surface area contributed by atoms with Crippen molar-refractivity contribution in [1.29, 1.82) is 0 Å². The maximum absolute atomic E-state index is 12.7. The van der Waals surface area contributed by atoms with Gasteiger partial charge in [0.15, 0.2) is 5.78 Å². The summed E-state index contributed by atoms with van der Waals surface area (Å²) in [5.41, 5.74) is 1.62. The summed E-state index contributed by atoms with van der Waals surface area (Å²) in [7, 11) is 3.20. The number of carbonyl (C=O) groups is 1. The number of hydrogen-bond donors (Lipinski definition) is 1. The van der Waals surface area contributed by atoms with Gasteiger partial charge in [0.25, 0.3) is 0 Å². The first-order chi connectivity index (χ1) is 9.17. The predicted molar refractivity (Wildman–Crippen MR) is 74.2 cm³/mol. The number of rotatable bonds is 4. The summed E-state index contributed by atoms with van der Waals surface area (Å²) < 4.78 is 10.6. The molecule has 1 heterocycles. The third-order valence-corrected chi connectivity index (χ3v) is 3.68. The molecule has 0 saturated carbocycles. The number of ketones is 1. The second-order valence-electron chi connectivity index (χ2n) is 4.91. The zero-order valence-corrected chi connectivity index (χ0v) is 11.8. The summed E-state index contributed by atoms with van der Waals surface area (Å²) in [6.07, 6.45) is 1.79. The van der Waals surface area contributed by atoms with E-state index < -0.39 is 0 Å². The summed E-state index contributed by atoms with van der Waals surface area (Å²) in [4.78, 5) is 12.7. The summed E-state index contributed by atoms with van der Waals surface area (Å²) in [6, 6.07) is 3.66. The van der Waals surface area contributed by atoms with E-state index in [2.05, 4.69) is 5.32 Å². The molecule has 1 N–H and O–H groups in total. The fourth-order valence-corrected chi connectivity index (χ4v) is 2.61. The van der Waals surface area contributed by atoms with Crippen molar-refractivity contribution in [3.05, 3.63) is 23.3 Å². The highest BCUT2D eigenvalue weighted by Crippen LogP contribution is 2.32. The largest absolute Gasteiger partial charge is 0.497 e. The Balaban J connectivity index is 2.34. The quantitative estimate of drug-likeness (QED) is 0.846. The van der Waals surface area contributed by atoms with Crippen LogP contribution in [0.2, 0.25) is 0 Å². The summed E-state index contributed by atoms with van der Waals surface area (Å²) in [5.74, 6) is 1.62. The second kappa shape index (κ2) is 6.06. The molecule has 0 aromatic heterocycles. The van der Waals surface area contributed by atoms with Crippen LogP contribution in [0.3, 0.4) is 0 Å². The van der Waals surface area contributed by atoms with Crippen molar-refractivity contribution >= 4 is 5.78 Å². The molecule has 2 rings (SSSR count). The summed E-state index contributed by atoms with van der Waals surface area (Å²) in [6.45, 7) is 3.75. The minimum absolute atomic E-state index is 0.0993. The molecular weight excluding hydrogens is 242 g/mol. The van der Waals surface area contributed by atoms with Crippen molar-refractivity contribution in [2.24, 2.45) is 5.92 Å². The molecule has 0 amide bonds. The van der Waals surface area contributed by atoms with E-state index in [-0.39, 0.29) is 11.7 Å². The number of piperidine rings is 1. The highest BCUT2D eigenvalue weighted by Gasteiger charge is 2.26. The van der Waals surface area contributed by atoms with Crippen LogP contribution in [0.5, 0.6) is 11.5 Å². The summed E-state index contributed by atoms with van der Waals surface area (Å²) >= 11 is 0. The number of nitrogens with one attached hydrogen (secondary N) is 1. The number of benzene rings is 1. The third-order valence-electron chi connectivity index (χ3n) is 3.68. The molecule has 1 aliphatic rings. The Kier molecular flexibility index (Phi) is 4.43. The molecule has 4 nitrogen and oxygen atoms in total. The number of hydrogen-bond acceptors (Lipinski definition) is 4. The van der Waals surface area contributed by atoms with Gasteiger partial charge in [0.05, 0.1) is 19.8 Å². The summed E-state index contributed by atoms with van der Waals surface area (Å²) in [5, 5.41) is 3.28. The van der Waals surface area contributed by atoms with Crippen LogP contribution in [-0.4, -0.2) is 33.1 Å². The lowest BCUT2D eigenvalue weighted by Gasteiger charge is -2.23. The molecule has 1 fully saturated rings. The van der Waals surface area contributed by atoms with Gasteiger partial charge < -0.3 is 14.8 Å². The zero-order chi connectivity index (χ0) is 13.8. The van der Waals surface area contributed by atoms with Gasteiger partial charge in [-0.2, -0.15) is 0 Å². The lowest BCUT2D eigenvalue weighted by molar-refractivity contribution is 0.0891. The predicted octanol–water partition coefficient (Wildman–Crippen LogP) is 2.19. The van der Waals surface area contributed by atoms with Gasteiger partial charge in [-0.25, -0.2) is 0 Å². The van der Waals surface area contributed by atoms with Gasteiger partial charge in [0, 0.05) is 12.0 Å². The van der Waals surface area contributed by atoms with Crippen LogP contribution in [0.1, 0.15) is 28.8 Å². The minimum Gasteiger partial charge on any atom is -0.497 e. The Morgan fingerprint density at radius 1 is 1.21 bits per heavy atom. The molecule has 0 atom stereocenters. The van der Waals surface area contributed by atoms with Crippen molar-refractivity contribution in [2.75, 3.05) is 27.3 Å². The Labute approximate surface area is 114 Å². The van der Waals surface area contributed by atoms with Gasteiger partial charge in [0.1, 0.15) is 11.5 Å². The van der Waals surface area contributed by atoms with Gasteiger partial charge in [-0.05, 0) is 44.5 Å². The molecule has 19 heavy (non-hydrogen) atoms. The van der Waals surface area contributed by atoms with Crippen molar-refractivity contribution in [2.45, 2.75) is 19.8 Å².